The summed E-state index contributed by atoms with van der Waals surface area (Å²) in [6, 6.07) is 1.60. The standard InChI is InChI=1S/C18H29N3O3S2/c1-19-9-5-15-6-12-20(13-7-15)18(22)17-16(8-14-25-17)26(23,24)21-10-3-2-4-11-21/h8,14-15,19H,2-7,9-13H2,1H3. The van der Waals surface area contributed by atoms with Crippen LogP contribution in [0.3, 0.4) is 0 Å². The number of nitrogens with one attached hydrogen (secondary N) is 1. The van der Waals surface area contributed by atoms with E-state index < -0.39 is 10.0 Å². The largest absolute Gasteiger partial charge is 0.338 e. The van der Waals surface area contributed by atoms with Crippen LogP contribution in [0, 0.1) is 5.92 Å². The van der Waals surface area contributed by atoms with E-state index in [0.717, 1.165) is 45.1 Å². The first kappa shape index (κ1) is 19.8. The predicted octanol–water partition coefficient (Wildman–Crippen LogP) is 2.38. The van der Waals surface area contributed by atoms with Crippen LogP contribution in [0.15, 0.2) is 16.3 Å². The lowest BCUT2D eigenvalue weighted by atomic mass is 9.93. The number of carbonyl (C=O) groups is 1. The third-order valence-electron chi connectivity index (χ3n) is 5.46. The van der Waals surface area contributed by atoms with Gasteiger partial charge in [0, 0.05) is 26.2 Å². The summed E-state index contributed by atoms with van der Waals surface area (Å²) in [5.74, 6) is 0.522. The van der Waals surface area contributed by atoms with Crippen molar-refractivity contribution in [2.24, 2.45) is 5.92 Å². The van der Waals surface area contributed by atoms with Crippen LogP contribution in [0.1, 0.15) is 48.2 Å². The zero-order chi connectivity index (χ0) is 18.6. The van der Waals surface area contributed by atoms with Crippen molar-refractivity contribution >= 4 is 27.3 Å². The highest BCUT2D eigenvalue weighted by molar-refractivity contribution is 7.89. The van der Waals surface area contributed by atoms with Gasteiger partial charge in [-0.15, -0.1) is 11.3 Å². The number of nitrogens with zero attached hydrogens (tertiary/aromatic N) is 2. The third kappa shape index (κ3) is 4.30. The molecule has 2 aliphatic rings. The Morgan fingerprint density at radius 1 is 1.19 bits per heavy atom. The fourth-order valence-corrected chi connectivity index (χ4v) is 6.70. The molecule has 146 valence electrons. The van der Waals surface area contributed by atoms with Crippen LogP contribution in [0.5, 0.6) is 0 Å². The Balaban J connectivity index is 1.69. The lowest BCUT2D eigenvalue weighted by Gasteiger charge is -2.32. The molecule has 0 saturated carbocycles. The van der Waals surface area contributed by atoms with E-state index in [9.17, 15) is 13.2 Å². The van der Waals surface area contributed by atoms with Gasteiger partial charge in [0.15, 0.2) is 0 Å². The van der Waals surface area contributed by atoms with Gasteiger partial charge in [-0.1, -0.05) is 6.42 Å². The van der Waals surface area contributed by atoms with Gasteiger partial charge in [-0.05, 0) is 63.1 Å². The van der Waals surface area contributed by atoms with E-state index in [1.165, 1.54) is 11.3 Å². The molecule has 0 aromatic carbocycles. The fourth-order valence-electron chi connectivity index (χ4n) is 3.82. The predicted molar refractivity (Wildman–Crippen MR) is 104 cm³/mol. The summed E-state index contributed by atoms with van der Waals surface area (Å²) in [5.41, 5.74) is 0. The Hall–Kier alpha value is -0.960. The molecule has 0 aliphatic carbocycles. The number of rotatable bonds is 6. The molecule has 2 fully saturated rings. The Bertz CT molecular complexity index is 703. The van der Waals surface area contributed by atoms with Crippen LogP contribution in [0.25, 0.3) is 0 Å². The number of hydrogen-bond donors (Lipinski definition) is 1. The molecule has 26 heavy (non-hydrogen) atoms. The Morgan fingerprint density at radius 2 is 1.88 bits per heavy atom. The van der Waals surface area contributed by atoms with Crippen molar-refractivity contribution < 1.29 is 13.2 Å². The molecule has 8 heteroatoms. The van der Waals surface area contributed by atoms with E-state index in [-0.39, 0.29) is 10.8 Å². The van der Waals surface area contributed by atoms with Crippen molar-refractivity contribution in [3.05, 3.63) is 16.3 Å². The first-order valence-corrected chi connectivity index (χ1v) is 11.9. The smallest absolute Gasteiger partial charge is 0.265 e. The second-order valence-electron chi connectivity index (χ2n) is 7.21. The highest BCUT2D eigenvalue weighted by Gasteiger charge is 2.33. The Morgan fingerprint density at radius 3 is 2.54 bits per heavy atom. The molecule has 1 amide bonds. The summed E-state index contributed by atoms with van der Waals surface area (Å²) in [4.78, 5) is 15.4. The highest BCUT2D eigenvalue weighted by atomic mass is 32.2. The lowest BCUT2D eigenvalue weighted by molar-refractivity contribution is 0.0688. The SMILES string of the molecule is CNCCC1CCN(C(=O)c2sccc2S(=O)(=O)N2CCCCC2)CC1. The maximum atomic E-state index is 13.0. The summed E-state index contributed by atoms with van der Waals surface area (Å²) in [5, 5.41) is 4.90. The van der Waals surface area contributed by atoms with Gasteiger partial charge in [0.1, 0.15) is 9.77 Å². The minimum absolute atomic E-state index is 0.123. The normalized spacial score (nSPS) is 20.4. The summed E-state index contributed by atoms with van der Waals surface area (Å²) < 4.78 is 27.5. The van der Waals surface area contributed by atoms with Crippen LogP contribution in [-0.2, 0) is 10.0 Å². The average molecular weight is 400 g/mol. The van der Waals surface area contributed by atoms with Crippen molar-refractivity contribution in [3.8, 4) is 0 Å². The van der Waals surface area contributed by atoms with Gasteiger partial charge in [-0.3, -0.25) is 4.79 Å². The number of likely N-dealkylation sites (tertiary alicyclic amines) is 1. The number of carbonyl (C=O) groups excluding carboxylic acids is 1. The lowest BCUT2D eigenvalue weighted by Crippen LogP contribution is -2.40. The number of piperidine rings is 2. The highest BCUT2D eigenvalue weighted by Crippen LogP contribution is 2.30. The Kier molecular flexibility index (Phi) is 6.71. The first-order valence-electron chi connectivity index (χ1n) is 9.55. The average Bonchev–Trinajstić information content (AvgIpc) is 3.17. The van der Waals surface area contributed by atoms with Crippen LogP contribution in [0.2, 0.25) is 0 Å². The van der Waals surface area contributed by atoms with Crippen LogP contribution < -0.4 is 5.32 Å². The van der Waals surface area contributed by atoms with Gasteiger partial charge in [0.2, 0.25) is 10.0 Å². The van der Waals surface area contributed by atoms with E-state index in [2.05, 4.69) is 5.32 Å². The summed E-state index contributed by atoms with van der Waals surface area (Å²) in [7, 11) is -1.61. The molecule has 2 aliphatic heterocycles. The summed E-state index contributed by atoms with van der Waals surface area (Å²) in [6.45, 7) is 3.55. The molecule has 0 unspecified atom stereocenters. The first-order chi connectivity index (χ1) is 12.5. The molecule has 3 heterocycles. The summed E-state index contributed by atoms with van der Waals surface area (Å²) in [6.07, 6.45) is 5.98. The molecule has 0 radical (unpaired) electrons. The minimum Gasteiger partial charge on any atom is -0.338 e. The molecule has 1 aromatic heterocycles. The zero-order valence-electron chi connectivity index (χ0n) is 15.4. The molecule has 0 spiro atoms. The molecule has 6 nitrogen and oxygen atoms in total. The van der Waals surface area contributed by atoms with Crippen molar-refractivity contribution in [2.45, 2.75) is 43.4 Å². The van der Waals surface area contributed by atoms with Gasteiger partial charge in [-0.2, -0.15) is 4.31 Å². The maximum Gasteiger partial charge on any atom is 0.265 e. The molecule has 2 saturated heterocycles. The molecule has 0 bridgehead atoms. The molecular weight excluding hydrogens is 370 g/mol. The molecular formula is C18H29N3O3S2. The van der Waals surface area contributed by atoms with Crippen molar-refractivity contribution in [3.63, 3.8) is 0 Å². The van der Waals surface area contributed by atoms with Gasteiger partial charge in [0.05, 0.1) is 0 Å². The zero-order valence-corrected chi connectivity index (χ0v) is 17.1. The van der Waals surface area contributed by atoms with Crippen LogP contribution >= 0.6 is 11.3 Å². The molecule has 1 aromatic rings. The molecule has 1 N–H and O–H groups in total. The second kappa shape index (κ2) is 8.82. The number of hydrogen-bond acceptors (Lipinski definition) is 5. The number of sulfonamides is 1. The second-order valence-corrected chi connectivity index (χ2v) is 10.0. The number of amides is 1. The number of thiophene rings is 1. The Labute approximate surface area is 160 Å². The van der Waals surface area contributed by atoms with E-state index >= 15 is 0 Å². The van der Waals surface area contributed by atoms with Crippen molar-refractivity contribution in [2.75, 3.05) is 39.8 Å². The molecule has 0 atom stereocenters. The maximum absolute atomic E-state index is 13.0. The van der Waals surface area contributed by atoms with Crippen LogP contribution in [0.4, 0.5) is 0 Å². The van der Waals surface area contributed by atoms with Gasteiger partial charge in [-0.25, -0.2) is 8.42 Å². The van der Waals surface area contributed by atoms with Crippen LogP contribution in [-0.4, -0.2) is 63.3 Å². The van der Waals surface area contributed by atoms with Gasteiger partial charge < -0.3 is 10.2 Å². The van der Waals surface area contributed by atoms with E-state index in [4.69, 9.17) is 0 Å². The van der Waals surface area contributed by atoms with E-state index in [0.29, 0.717) is 37.0 Å². The third-order valence-corrected chi connectivity index (χ3v) is 8.43. The topological polar surface area (TPSA) is 69.7 Å². The van der Waals surface area contributed by atoms with E-state index in [1.54, 1.807) is 15.8 Å². The van der Waals surface area contributed by atoms with Crippen molar-refractivity contribution in [1.29, 1.82) is 0 Å². The quantitative estimate of drug-likeness (QED) is 0.797. The molecule has 3 rings (SSSR count). The fraction of sp³-hybridized carbons (Fsp3) is 0.722. The monoisotopic (exact) mass is 399 g/mol. The van der Waals surface area contributed by atoms with Gasteiger partial charge >= 0.3 is 0 Å². The van der Waals surface area contributed by atoms with Crippen molar-refractivity contribution in [1.82, 2.24) is 14.5 Å². The van der Waals surface area contributed by atoms with E-state index in [1.807, 2.05) is 11.9 Å². The minimum atomic E-state index is -3.57. The van der Waals surface area contributed by atoms with Gasteiger partial charge in [0.25, 0.3) is 5.91 Å². The summed E-state index contributed by atoms with van der Waals surface area (Å²) >= 11 is 1.25.